The average molecular weight is 439 g/mol. The molecule has 2 saturated heterocycles. The van der Waals surface area contributed by atoms with Crippen LogP contribution in [0.1, 0.15) is 13.8 Å². The van der Waals surface area contributed by atoms with Gasteiger partial charge in [-0.2, -0.15) is 4.31 Å². The van der Waals surface area contributed by atoms with Gasteiger partial charge in [0, 0.05) is 71.6 Å². The van der Waals surface area contributed by atoms with E-state index in [2.05, 4.69) is 19.7 Å². The Morgan fingerprint density at radius 1 is 1.00 bits per heavy atom. The summed E-state index contributed by atoms with van der Waals surface area (Å²) in [6.45, 7) is 11.5. The van der Waals surface area contributed by atoms with Gasteiger partial charge < -0.3 is 14.7 Å². The highest BCUT2D eigenvalue weighted by Gasteiger charge is 2.28. The van der Waals surface area contributed by atoms with E-state index >= 15 is 0 Å². The van der Waals surface area contributed by atoms with Gasteiger partial charge in [-0.05, 0) is 33.0 Å². The Balaban J connectivity index is 1.55. The van der Waals surface area contributed by atoms with Crippen molar-refractivity contribution in [2.24, 2.45) is 0 Å². The standard InChI is InChI=1S/C20H34N6O3S/c1-4-24(5-2)20(27)17-23-10-12-25(13-11-23)19-7-6-18(16-21-19)30(28,29)26-14-8-22(3)9-15-26/h6-7,16H,4-5,8-15,17H2,1-3H3. The van der Waals surface area contributed by atoms with E-state index in [4.69, 9.17) is 0 Å². The maximum Gasteiger partial charge on any atom is 0.244 e. The Morgan fingerprint density at radius 2 is 1.63 bits per heavy atom. The van der Waals surface area contributed by atoms with Crippen LogP contribution >= 0.6 is 0 Å². The Hall–Kier alpha value is -1.75. The van der Waals surface area contributed by atoms with Crippen molar-refractivity contribution in [3.8, 4) is 0 Å². The quantitative estimate of drug-likeness (QED) is 0.593. The first-order chi connectivity index (χ1) is 14.3. The highest BCUT2D eigenvalue weighted by molar-refractivity contribution is 7.89. The highest BCUT2D eigenvalue weighted by atomic mass is 32.2. The largest absolute Gasteiger partial charge is 0.354 e. The third-order valence-corrected chi connectivity index (χ3v) is 7.87. The van der Waals surface area contributed by atoms with E-state index in [1.807, 2.05) is 25.8 Å². The van der Waals surface area contributed by atoms with E-state index in [1.165, 1.54) is 10.5 Å². The second-order valence-electron chi connectivity index (χ2n) is 7.89. The molecule has 0 saturated carbocycles. The Kier molecular flexibility index (Phi) is 7.67. The third kappa shape index (κ3) is 5.29. The lowest BCUT2D eigenvalue weighted by Gasteiger charge is -2.36. The van der Waals surface area contributed by atoms with Crippen LogP contribution in [0.15, 0.2) is 23.2 Å². The number of carbonyl (C=O) groups is 1. The van der Waals surface area contributed by atoms with Crippen LogP contribution < -0.4 is 4.90 Å². The van der Waals surface area contributed by atoms with Gasteiger partial charge in [-0.1, -0.05) is 0 Å². The molecular formula is C20H34N6O3S. The van der Waals surface area contributed by atoms with E-state index < -0.39 is 10.0 Å². The molecule has 0 aromatic carbocycles. The van der Waals surface area contributed by atoms with Crippen molar-refractivity contribution in [2.45, 2.75) is 18.7 Å². The van der Waals surface area contributed by atoms with Gasteiger partial charge in [0.05, 0.1) is 6.54 Å². The van der Waals surface area contributed by atoms with Crippen LogP contribution in [0.5, 0.6) is 0 Å². The maximum absolute atomic E-state index is 12.8. The SMILES string of the molecule is CCN(CC)C(=O)CN1CCN(c2ccc(S(=O)(=O)N3CCN(C)CC3)cn2)CC1. The van der Waals surface area contributed by atoms with E-state index in [9.17, 15) is 13.2 Å². The van der Waals surface area contributed by atoms with Gasteiger partial charge in [0.15, 0.2) is 0 Å². The zero-order valence-electron chi connectivity index (χ0n) is 18.3. The fraction of sp³-hybridized carbons (Fsp3) is 0.700. The lowest BCUT2D eigenvalue weighted by molar-refractivity contribution is -0.132. The first-order valence-corrected chi connectivity index (χ1v) is 12.2. The van der Waals surface area contributed by atoms with Crippen molar-refractivity contribution in [1.29, 1.82) is 0 Å². The molecule has 1 amide bonds. The van der Waals surface area contributed by atoms with Gasteiger partial charge in [-0.15, -0.1) is 0 Å². The van der Waals surface area contributed by atoms with E-state index in [0.29, 0.717) is 19.6 Å². The van der Waals surface area contributed by atoms with Crippen LogP contribution in [0.4, 0.5) is 5.82 Å². The number of aromatic nitrogens is 1. The van der Waals surface area contributed by atoms with Crippen molar-refractivity contribution in [1.82, 2.24) is 24.0 Å². The van der Waals surface area contributed by atoms with Crippen molar-refractivity contribution in [3.05, 3.63) is 18.3 Å². The number of likely N-dealkylation sites (N-methyl/N-ethyl adjacent to an activating group) is 2. The fourth-order valence-corrected chi connectivity index (χ4v) is 5.26. The van der Waals surface area contributed by atoms with Crippen molar-refractivity contribution in [2.75, 3.05) is 83.9 Å². The van der Waals surface area contributed by atoms with Gasteiger partial charge in [-0.25, -0.2) is 13.4 Å². The predicted octanol–water partition coefficient (Wildman–Crippen LogP) is 0.00810. The van der Waals surface area contributed by atoms with Crippen LogP contribution in [0, 0.1) is 0 Å². The summed E-state index contributed by atoms with van der Waals surface area (Å²) >= 11 is 0. The average Bonchev–Trinajstić information content (AvgIpc) is 2.75. The summed E-state index contributed by atoms with van der Waals surface area (Å²) in [6.07, 6.45) is 1.47. The molecule has 0 radical (unpaired) electrons. The molecule has 1 aromatic heterocycles. The van der Waals surface area contributed by atoms with Crippen LogP contribution in [0.3, 0.4) is 0 Å². The molecular weight excluding hydrogens is 404 g/mol. The number of anilines is 1. The molecule has 0 bridgehead atoms. The number of hydrogen-bond acceptors (Lipinski definition) is 7. The third-order valence-electron chi connectivity index (χ3n) is 5.99. The molecule has 10 heteroatoms. The van der Waals surface area contributed by atoms with Gasteiger partial charge in [0.25, 0.3) is 0 Å². The number of amides is 1. The summed E-state index contributed by atoms with van der Waals surface area (Å²) in [4.78, 5) is 25.3. The number of carbonyl (C=O) groups excluding carboxylic acids is 1. The van der Waals surface area contributed by atoms with Crippen LogP contribution in [-0.2, 0) is 14.8 Å². The molecule has 0 spiro atoms. The topological polar surface area (TPSA) is 80.3 Å². The lowest BCUT2D eigenvalue weighted by atomic mass is 10.3. The normalized spacial score (nSPS) is 19.8. The smallest absolute Gasteiger partial charge is 0.244 e. The Labute approximate surface area is 180 Å². The fourth-order valence-electron chi connectivity index (χ4n) is 3.89. The molecule has 168 valence electrons. The summed E-state index contributed by atoms with van der Waals surface area (Å²) < 4.78 is 27.2. The van der Waals surface area contributed by atoms with Gasteiger partial charge >= 0.3 is 0 Å². The van der Waals surface area contributed by atoms with Crippen LogP contribution in [0.25, 0.3) is 0 Å². The van der Waals surface area contributed by atoms with Gasteiger partial charge in [0.2, 0.25) is 15.9 Å². The number of sulfonamides is 1. The molecule has 1 aromatic rings. The Bertz CT molecular complexity index is 796. The molecule has 0 atom stereocenters. The lowest BCUT2D eigenvalue weighted by Crippen LogP contribution is -2.50. The molecule has 3 rings (SSSR count). The summed E-state index contributed by atoms with van der Waals surface area (Å²) in [5.41, 5.74) is 0. The minimum absolute atomic E-state index is 0.171. The van der Waals surface area contributed by atoms with Crippen molar-refractivity contribution in [3.63, 3.8) is 0 Å². The number of pyridine rings is 1. The highest BCUT2D eigenvalue weighted by Crippen LogP contribution is 2.20. The first kappa shape index (κ1) is 22.9. The maximum atomic E-state index is 12.8. The second kappa shape index (κ2) is 10.0. The monoisotopic (exact) mass is 438 g/mol. The minimum atomic E-state index is -3.49. The van der Waals surface area contributed by atoms with Gasteiger partial charge in [-0.3, -0.25) is 9.69 Å². The molecule has 30 heavy (non-hydrogen) atoms. The number of nitrogens with zero attached hydrogens (tertiary/aromatic N) is 6. The summed E-state index contributed by atoms with van der Waals surface area (Å²) in [6, 6.07) is 3.45. The molecule has 2 aliphatic rings. The van der Waals surface area contributed by atoms with Crippen LogP contribution in [-0.4, -0.2) is 117 Å². The number of hydrogen-bond donors (Lipinski definition) is 0. The predicted molar refractivity (Wildman–Crippen MR) is 117 cm³/mol. The molecule has 2 aliphatic heterocycles. The van der Waals surface area contributed by atoms with Gasteiger partial charge in [0.1, 0.15) is 10.7 Å². The van der Waals surface area contributed by atoms with E-state index in [1.54, 1.807) is 12.1 Å². The zero-order chi connectivity index (χ0) is 21.7. The molecule has 3 heterocycles. The number of rotatable bonds is 7. The summed E-state index contributed by atoms with van der Waals surface area (Å²) in [5, 5.41) is 0. The molecule has 0 N–H and O–H groups in total. The van der Waals surface area contributed by atoms with Crippen molar-refractivity contribution >= 4 is 21.7 Å². The summed E-state index contributed by atoms with van der Waals surface area (Å²) in [7, 11) is -1.49. The molecule has 0 aliphatic carbocycles. The first-order valence-electron chi connectivity index (χ1n) is 10.7. The second-order valence-corrected chi connectivity index (χ2v) is 9.83. The Morgan fingerprint density at radius 3 is 2.17 bits per heavy atom. The van der Waals surface area contributed by atoms with Crippen LogP contribution in [0.2, 0.25) is 0 Å². The summed E-state index contributed by atoms with van der Waals surface area (Å²) in [5.74, 6) is 0.951. The van der Waals surface area contributed by atoms with Crippen molar-refractivity contribution < 1.29 is 13.2 Å². The zero-order valence-corrected chi connectivity index (χ0v) is 19.1. The van der Waals surface area contributed by atoms with E-state index in [-0.39, 0.29) is 10.8 Å². The molecule has 9 nitrogen and oxygen atoms in total. The molecule has 0 unspecified atom stereocenters. The van der Waals surface area contributed by atoms with E-state index in [0.717, 1.165) is 58.2 Å². The minimum Gasteiger partial charge on any atom is -0.354 e. The number of piperazine rings is 2. The molecule has 2 fully saturated rings.